The van der Waals surface area contributed by atoms with Crippen molar-refractivity contribution in [2.24, 2.45) is 5.92 Å². The van der Waals surface area contributed by atoms with Crippen molar-refractivity contribution in [3.63, 3.8) is 0 Å². The molecule has 1 aliphatic rings. The van der Waals surface area contributed by atoms with Crippen molar-refractivity contribution < 1.29 is 5.11 Å². The molecule has 0 heterocycles. The lowest BCUT2D eigenvalue weighted by atomic mass is 9.71. The van der Waals surface area contributed by atoms with E-state index in [1.54, 1.807) is 0 Å². The summed E-state index contributed by atoms with van der Waals surface area (Å²) in [7, 11) is 0. The van der Waals surface area contributed by atoms with Gasteiger partial charge >= 0.3 is 0 Å². The van der Waals surface area contributed by atoms with Crippen LogP contribution in [0.1, 0.15) is 45.1 Å². The first-order chi connectivity index (χ1) is 9.20. The van der Waals surface area contributed by atoms with Crippen LogP contribution in [0.2, 0.25) is 0 Å². The summed E-state index contributed by atoms with van der Waals surface area (Å²) >= 11 is 0. The average Bonchev–Trinajstić information content (AvgIpc) is 2.47. The Bertz CT molecular complexity index is 374. The zero-order valence-electron chi connectivity index (χ0n) is 12.3. The van der Waals surface area contributed by atoms with E-state index in [4.69, 9.17) is 0 Å². The van der Waals surface area contributed by atoms with Crippen molar-refractivity contribution in [3.8, 4) is 0 Å². The van der Waals surface area contributed by atoms with Gasteiger partial charge in [0.2, 0.25) is 0 Å². The summed E-state index contributed by atoms with van der Waals surface area (Å²) in [5.74, 6) is 0.364. The Kier molecular flexibility index (Phi) is 5.00. The Labute approximate surface area is 117 Å². The predicted molar refractivity (Wildman–Crippen MR) is 80.1 cm³/mol. The fourth-order valence-electron chi connectivity index (χ4n) is 3.37. The Morgan fingerprint density at radius 1 is 1.16 bits per heavy atom. The Hall–Kier alpha value is -0.860. The summed E-state index contributed by atoms with van der Waals surface area (Å²) in [5, 5.41) is 11.2. The minimum absolute atomic E-state index is 0.364. The lowest BCUT2D eigenvalue weighted by molar-refractivity contribution is -0.0648. The molecule has 2 nitrogen and oxygen atoms in total. The maximum Gasteiger partial charge on any atom is 0.0936 e. The average molecular weight is 261 g/mol. The molecular formula is C17H27NO. The van der Waals surface area contributed by atoms with E-state index in [0.29, 0.717) is 5.92 Å². The van der Waals surface area contributed by atoms with Crippen LogP contribution in [-0.2, 0) is 5.60 Å². The summed E-state index contributed by atoms with van der Waals surface area (Å²) in [4.78, 5) is 2.43. The highest BCUT2D eigenvalue weighted by atomic mass is 16.3. The highest BCUT2D eigenvalue weighted by Gasteiger charge is 2.40. The molecule has 2 heteroatoms. The molecule has 2 rings (SSSR count). The van der Waals surface area contributed by atoms with E-state index < -0.39 is 5.60 Å². The SMILES string of the molecule is CCN(CC)CC1CCCCC1(O)c1ccccc1. The van der Waals surface area contributed by atoms with Crippen molar-refractivity contribution in [3.05, 3.63) is 35.9 Å². The summed E-state index contributed by atoms with van der Waals surface area (Å²) in [6.45, 7) is 7.55. The smallest absolute Gasteiger partial charge is 0.0936 e. The third-order valence-corrected chi connectivity index (χ3v) is 4.68. The molecule has 2 atom stereocenters. The van der Waals surface area contributed by atoms with Crippen LogP contribution in [0.3, 0.4) is 0 Å². The highest BCUT2D eigenvalue weighted by molar-refractivity contribution is 5.24. The third kappa shape index (κ3) is 3.18. The van der Waals surface area contributed by atoms with Gasteiger partial charge in [0, 0.05) is 12.5 Å². The first-order valence-corrected chi connectivity index (χ1v) is 7.71. The summed E-state index contributed by atoms with van der Waals surface area (Å²) in [6, 6.07) is 10.3. The Morgan fingerprint density at radius 2 is 1.84 bits per heavy atom. The molecule has 0 aliphatic heterocycles. The van der Waals surface area contributed by atoms with Crippen molar-refractivity contribution in [2.45, 2.75) is 45.1 Å². The number of nitrogens with zero attached hydrogens (tertiary/aromatic N) is 1. The van der Waals surface area contributed by atoms with Crippen LogP contribution in [0.25, 0.3) is 0 Å². The van der Waals surface area contributed by atoms with Crippen LogP contribution in [-0.4, -0.2) is 29.6 Å². The van der Waals surface area contributed by atoms with E-state index in [1.807, 2.05) is 18.2 Å². The number of benzene rings is 1. The van der Waals surface area contributed by atoms with E-state index in [9.17, 15) is 5.11 Å². The minimum atomic E-state index is -0.623. The molecule has 1 aromatic rings. The standard InChI is InChI=1S/C17H27NO/c1-3-18(4-2)14-16-12-8-9-13-17(16,19)15-10-6-5-7-11-15/h5-7,10-11,16,19H,3-4,8-9,12-14H2,1-2H3. The van der Waals surface area contributed by atoms with Gasteiger partial charge < -0.3 is 10.0 Å². The lowest BCUT2D eigenvalue weighted by Gasteiger charge is -2.42. The molecule has 19 heavy (non-hydrogen) atoms. The summed E-state index contributed by atoms with van der Waals surface area (Å²) in [6.07, 6.45) is 4.44. The quantitative estimate of drug-likeness (QED) is 0.878. The second-order valence-corrected chi connectivity index (χ2v) is 5.72. The fraction of sp³-hybridized carbons (Fsp3) is 0.647. The van der Waals surface area contributed by atoms with E-state index in [-0.39, 0.29) is 0 Å². The number of hydrogen-bond acceptors (Lipinski definition) is 2. The monoisotopic (exact) mass is 261 g/mol. The first kappa shape index (κ1) is 14.5. The van der Waals surface area contributed by atoms with Gasteiger partial charge in [0.1, 0.15) is 0 Å². The first-order valence-electron chi connectivity index (χ1n) is 7.71. The summed E-state index contributed by atoms with van der Waals surface area (Å²) in [5.41, 5.74) is 0.481. The van der Waals surface area contributed by atoms with E-state index in [2.05, 4.69) is 30.9 Å². The zero-order chi connectivity index (χ0) is 13.7. The van der Waals surface area contributed by atoms with Gasteiger partial charge in [0.05, 0.1) is 5.60 Å². The second kappa shape index (κ2) is 6.53. The van der Waals surface area contributed by atoms with Gasteiger partial charge in [-0.2, -0.15) is 0 Å². The molecule has 0 bridgehead atoms. The fourth-order valence-corrected chi connectivity index (χ4v) is 3.37. The Morgan fingerprint density at radius 3 is 2.47 bits per heavy atom. The molecule has 0 amide bonds. The maximum atomic E-state index is 11.2. The highest BCUT2D eigenvalue weighted by Crippen LogP contribution is 2.41. The van der Waals surface area contributed by atoms with Crippen LogP contribution >= 0.6 is 0 Å². The molecule has 1 saturated carbocycles. The largest absolute Gasteiger partial charge is 0.385 e. The molecule has 1 N–H and O–H groups in total. The third-order valence-electron chi connectivity index (χ3n) is 4.68. The molecule has 2 unspecified atom stereocenters. The van der Waals surface area contributed by atoms with Crippen molar-refractivity contribution in [2.75, 3.05) is 19.6 Å². The lowest BCUT2D eigenvalue weighted by Crippen LogP contribution is -2.44. The van der Waals surface area contributed by atoms with Crippen LogP contribution in [0.4, 0.5) is 0 Å². The molecule has 1 fully saturated rings. The van der Waals surface area contributed by atoms with Crippen LogP contribution < -0.4 is 0 Å². The molecule has 0 aromatic heterocycles. The van der Waals surface area contributed by atoms with E-state index >= 15 is 0 Å². The molecule has 0 saturated heterocycles. The second-order valence-electron chi connectivity index (χ2n) is 5.72. The molecule has 1 aliphatic carbocycles. The Balaban J connectivity index is 2.19. The van der Waals surface area contributed by atoms with E-state index in [0.717, 1.165) is 44.5 Å². The van der Waals surface area contributed by atoms with Crippen LogP contribution in [0.15, 0.2) is 30.3 Å². The number of hydrogen-bond donors (Lipinski definition) is 1. The summed E-state index contributed by atoms with van der Waals surface area (Å²) < 4.78 is 0. The van der Waals surface area contributed by atoms with Crippen molar-refractivity contribution >= 4 is 0 Å². The zero-order valence-corrected chi connectivity index (χ0v) is 12.3. The van der Waals surface area contributed by atoms with Gasteiger partial charge in [-0.15, -0.1) is 0 Å². The van der Waals surface area contributed by atoms with Gasteiger partial charge in [0.15, 0.2) is 0 Å². The van der Waals surface area contributed by atoms with Crippen molar-refractivity contribution in [1.29, 1.82) is 0 Å². The van der Waals surface area contributed by atoms with Gasteiger partial charge in [0.25, 0.3) is 0 Å². The maximum absolute atomic E-state index is 11.2. The van der Waals surface area contributed by atoms with Crippen LogP contribution in [0.5, 0.6) is 0 Å². The van der Waals surface area contributed by atoms with E-state index in [1.165, 1.54) is 6.42 Å². The van der Waals surface area contributed by atoms with Crippen molar-refractivity contribution in [1.82, 2.24) is 4.90 Å². The van der Waals surface area contributed by atoms with Gasteiger partial charge in [-0.3, -0.25) is 0 Å². The van der Waals surface area contributed by atoms with Gasteiger partial charge in [-0.05, 0) is 31.5 Å². The molecule has 0 radical (unpaired) electrons. The normalized spacial score (nSPS) is 27.7. The molecule has 106 valence electrons. The predicted octanol–water partition coefficient (Wildman–Crippen LogP) is 3.41. The molecule has 0 spiro atoms. The van der Waals surface area contributed by atoms with Crippen LogP contribution in [0, 0.1) is 5.92 Å². The molecule has 1 aromatic carbocycles. The minimum Gasteiger partial charge on any atom is -0.385 e. The van der Waals surface area contributed by atoms with Gasteiger partial charge in [-0.1, -0.05) is 57.0 Å². The topological polar surface area (TPSA) is 23.5 Å². The van der Waals surface area contributed by atoms with Gasteiger partial charge in [-0.25, -0.2) is 0 Å². The number of aliphatic hydroxyl groups is 1. The number of rotatable bonds is 5. The molecular weight excluding hydrogens is 234 g/mol.